The molecule has 0 bridgehead atoms. The lowest BCUT2D eigenvalue weighted by atomic mass is 9.71. The van der Waals surface area contributed by atoms with Gasteiger partial charge in [-0.25, -0.2) is 13.2 Å². The van der Waals surface area contributed by atoms with E-state index in [-0.39, 0.29) is 35.0 Å². The molecule has 1 fully saturated rings. The third-order valence-corrected chi connectivity index (χ3v) is 7.31. The van der Waals surface area contributed by atoms with Crippen molar-refractivity contribution in [3.05, 3.63) is 77.9 Å². The fraction of sp³-hybridized carbons (Fsp3) is 0.429. The second-order valence-corrected chi connectivity index (χ2v) is 9.15. The molecule has 0 spiro atoms. The molecule has 0 amide bonds. The molecular weight excluding hydrogens is 428 g/mol. The number of benzene rings is 2. The summed E-state index contributed by atoms with van der Waals surface area (Å²) in [5.41, 5.74) is -0.367. The predicted molar refractivity (Wildman–Crippen MR) is 123 cm³/mol. The molecule has 0 saturated heterocycles. The minimum absolute atomic E-state index is 0.166. The molecule has 1 nitrogen and oxygen atoms in total. The molecule has 2 aliphatic rings. The smallest absolute Gasteiger partial charge is 0.201 e. The Morgan fingerprint density at radius 2 is 1.48 bits per heavy atom. The van der Waals surface area contributed by atoms with Gasteiger partial charge in [0.05, 0.1) is 6.61 Å². The zero-order chi connectivity index (χ0) is 23.5. The molecule has 2 aliphatic carbocycles. The van der Waals surface area contributed by atoms with Gasteiger partial charge in [-0.05, 0) is 80.9 Å². The maximum atomic E-state index is 15.0. The summed E-state index contributed by atoms with van der Waals surface area (Å²) < 4.78 is 63.8. The minimum Gasteiger partial charge on any atom is -0.491 e. The molecule has 0 N–H and O–H groups in total. The molecule has 5 heteroatoms. The highest BCUT2D eigenvalue weighted by molar-refractivity contribution is 5.67. The quantitative estimate of drug-likeness (QED) is 0.312. The molecule has 176 valence electrons. The van der Waals surface area contributed by atoms with Gasteiger partial charge in [0.15, 0.2) is 23.2 Å². The van der Waals surface area contributed by atoms with Crippen LogP contribution in [0.3, 0.4) is 0 Å². The highest BCUT2D eigenvalue weighted by Gasteiger charge is 2.30. The van der Waals surface area contributed by atoms with Crippen molar-refractivity contribution >= 4 is 0 Å². The zero-order valence-corrected chi connectivity index (χ0v) is 18.9. The van der Waals surface area contributed by atoms with E-state index in [9.17, 15) is 13.2 Å². The van der Waals surface area contributed by atoms with Crippen LogP contribution in [0.4, 0.5) is 17.6 Å². The third kappa shape index (κ3) is 4.73. The predicted octanol–water partition coefficient (Wildman–Crippen LogP) is 8.35. The van der Waals surface area contributed by atoms with Crippen molar-refractivity contribution in [2.75, 3.05) is 6.61 Å². The van der Waals surface area contributed by atoms with Gasteiger partial charge in [-0.15, -0.1) is 6.58 Å². The average Bonchev–Trinajstić information content (AvgIpc) is 2.85. The first kappa shape index (κ1) is 23.6. The van der Waals surface area contributed by atoms with Crippen molar-refractivity contribution < 1.29 is 22.3 Å². The summed E-state index contributed by atoms with van der Waals surface area (Å²) in [6.45, 7) is 5.71. The van der Waals surface area contributed by atoms with Crippen molar-refractivity contribution in [2.24, 2.45) is 17.8 Å². The second-order valence-electron chi connectivity index (χ2n) is 9.15. The van der Waals surface area contributed by atoms with Gasteiger partial charge in [0.25, 0.3) is 0 Å². The van der Waals surface area contributed by atoms with Crippen molar-refractivity contribution in [3.63, 3.8) is 0 Å². The molecule has 0 aromatic heterocycles. The van der Waals surface area contributed by atoms with E-state index in [4.69, 9.17) is 4.74 Å². The maximum absolute atomic E-state index is 15.0. The summed E-state index contributed by atoms with van der Waals surface area (Å²) in [6, 6.07) is 5.27. The average molecular weight is 459 g/mol. The Kier molecular flexibility index (Phi) is 7.26. The number of ether oxygens (including phenoxy) is 1. The van der Waals surface area contributed by atoms with Crippen molar-refractivity contribution in [1.82, 2.24) is 0 Å². The van der Waals surface area contributed by atoms with Crippen LogP contribution in [0, 0.1) is 41.0 Å². The van der Waals surface area contributed by atoms with Crippen LogP contribution < -0.4 is 4.74 Å². The summed E-state index contributed by atoms with van der Waals surface area (Å²) in [7, 11) is 0. The van der Waals surface area contributed by atoms with E-state index in [1.54, 1.807) is 6.92 Å². The van der Waals surface area contributed by atoms with Crippen molar-refractivity contribution in [3.8, 4) is 16.9 Å². The van der Waals surface area contributed by atoms with Gasteiger partial charge >= 0.3 is 0 Å². The monoisotopic (exact) mass is 458 g/mol. The molecule has 2 aromatic carbocycles. The fourth-order valence-electron chi connectivity index (χ4n) is 5.37. The van der Waals surface area contributed by atoms with Crippen LogP contribution in [0.5, 0.6) is 5.75 Å². The van der Waals surface area contributed by atoms with Gasteiger partial charge in [0.2, 0.25) is 5.82 Å². The molecule has 0 aliphatic heterocycles. The molecule has 2 aromatic rings. The Hall–Kier alpha value is -2.56. The third-order valence-electron chi connectivity index (χ3n) is 7.31. The Labute approximate surface area is 193 Å². The van der Waals surface area contributed by atoms with E-state index in [1.807, 2.05) is 6.08 Å². The Morgan fingerprint density at radius 1 is 0.818 bits per heavy atom. The van der Waals surface area contributed by atoms with Crippen molar-refractivity contribution in [2.45, 2.75) is 51.4 Å². The topological polar surface area (TPSA) is 9.23 Å². The van der Waals surface area contributed by atoms with Gasteiger partial charge in [0, 0.05) is 17.0 Å². The lowest BCUT2D eigenvalue weighted by Gasteiger charge is -2.34. The molecular formula is C28H30F4O. The lowest BCUT2D eigenvalue weighted by molar-refractivity contribution is 0.237. The number of halogens is 4. The number of hydrogen-bond acceptors (Lipinski definition) is 1. The summed E-state index contributed by atoms with van der Waals surface area (Å²) in [6.07, 6.45) is 12.6. The van der Waals surface area contributed by atoms with Crippen LogP contribution in [0.1, 0.15) is 56.9 Å². The van der Waals surface area contributed by atoms with E-state index in [1.165, 1.54) is 49.9 Å². The van der Waals surface area contributed by atoms with E-state index < -0.39 is 23.3 Å². The van der Waals surface area contributed by atoms with Gasteiger partial charge in [0.1, 0.15) is 0 Å². The molecule has 0 heterocycles. The fourth-order valence-corrected chi connectivity index (χ4v) is 5.37. The zero-order valence-electron chi connectivity index (χ0n) is 18.9. The SMILES string of the molecule is C=CC1CCC(C2C=CC(c3ccc(-c4ccc(OCC)c(F)c4F)c(F)c3F)CC2)CC1. The standard InChI is InChI=1S/C28H30F4O/c1-3-17-5-7-18(8-6-17)19-9-11-20(12-10-19)21-13-14-22(26(30)25(21)29)23-15-16-24(33-4-2)28(32)27(23)31/h3,9,11,13-20H,1,4-8,10,12H2,2H3. The molecule has 33 heavy (non-hydrogen) atoms. The van der Waals surface area contributed by atoms with Gasteiger partial charge < -0.3 is 4.74 Å². The molecule has 4 rings (SSSR count). The Bertz CT molecular complexity index is 1040. The number of rotatable bonds is 6. The molecule has 1 saturated carbocycles. The van der Waals surface area contributed by atoms with Gasteiger partial charge in [-0.2, -0.15) is 4.39 Å². The van der Waals surface area contributed by atoms with Gasteiger partial charge in [-0.3, -0.25) is 0 Å². The van der Waals surface area contributed by atoms with Crippen LogP contribution in [0.25, 0.3) is 11.1 Å². The largest absolute Gasteiger partial charge is 0.491 e. The van der Waals surface area contributed by atoms with E-state index in [0.29, 0.717) is 17.8 Å². The van der Waals surface area contributed by atoms with Crippen LogP contribution in [0.15, 0.2) is 49.1 Å². The molecule has 0 radical (unpaired) electrons. The number of hydrogen-bond donors (Lipinski definition) is 0. The van der Waals surface area contributed by atoms with Crippen molar-refractivity contribution in [1.29, 1.82) is 0 Å². The molecule has 2 atom stereocenters. The van der Waals surface area contributed by atoms with Gasteiger partial charge in [-0.1, -0.05) is 30.4 Å². The summed E-state index contributed by atoms with van der Waals surface area (Å²) >= 11 is 0. The number of allylic oxidation sites excluding steroid dienone is 3. The maximum Gasteiger partial charge on any atom is 0.201 e. The first-order chi connectivity index (χ1) is 15.9. The summed E-state index contributed by atoms with van der Waals surface area (Å²) in [5, 5.41) is 0. The summed E-state index contributed by atoms with van der Waals surface area (Å²) in [5.74, 6) is -3.37. The van der Waals surface area contributed by atoms with Crippen LogP contribution in [-0.2, 0) is 0 Å². The Morgan fingerprint density at radius 3 is 2.09 bits per heavy atom. The van der Waals surface area contributed by atoms with Crippen LogP contribution >= 0.6 is 0 Å². The second kappa shape index (κ2) is 10.1. The van der Waals surface area contributed by atoms with E-state index >= 15 is 4.39 Å². The highest BCUT2D eigenvalue weighted by atomic mass is 19.2. The Balaban J connectivity index is 1.53. The minimum atomic E-state index is -1.25. The van der Waals surface area contributed by atoms with E-state index in [2.05, 4.69) is 18.7 Å². The lowest BCUT2D eigenvalue weighted by Crippen LogP contribution is -2.22. The highest BCUT2D eigenvalue weighted by Crippen LogP contribution is 2.42. The first-order valence-electron chi connectivity index (χ1n) is 11.8. The summed E-state index contributed by atoms with van der Waals surface area (Å²) in [4.78, 5) is 0. The van der Waals surface area contributed by atoms with Crippen LogP contribution in [-0.4, -0.2) is 6.61 Å². The van der Waals surface area contributed by atoms with E-state index in [0.717, 1.165) is 12.8 Å². The van der Waals surface area contributed by atoms with Crippen LogP contribution in [0.2, 0.25) is 0 Å². The first-order valence-corrected chi connectivity index (χ1v) is 11.8. The normalized spacial score (nSPS) is 25.1. The molecule has 2 unspecified atom stereocenters.